The van der Waals surface area contributed by atoms with E-state index in [1.165, 1.54) is 0 Å². The van der Waals surface area contributed by atoms with Gasteiger partial charge in [0, 0.05) is 32.0 Å². The van der Waals surface area contributed by atoms with E-state index in [1.807, 2.05) is 25.7 Å². The molecule has 0 unspecified atom stereocenters. The SMILES string of the molecule is CCCc1nc(NC)cc(N(C)Cc2cscn2)n1. The number of rotatable bonds is 6. The van der Waals surface area contributed by atoms with Crippen LogP contribution >= 0.6 is 11.3 Å². The van der Waals surface area contributed by atoms with E-state index in [0.717, 1.165) is 42.5 Å². The van der Waals surface area contributed by atoms with E-state index >= 15 is 0 Å². The smallest absolute Gasteiger partial charge is 0.134 e. The molecule has 2 rings (SSSR count). The molecule has 19 heavy (non-hydrogen) atoms. The lowest BCUT2D eigenvalue weighted by atomic mass is 10.3. The molecule has 0 aliphatic carbocycles. The average molecular weight is 277 g/mol. The minimum Gasteiger partial charge on any atom is -0.373 e. The van der Waals surface area contributed by atoms with E-state index in [2.05, 4.69) is 37.5 Å². The Bertz CT molecular complexity index is 512. The summed E-state index contributed by atoms with van der Waals surface area (Å²) in [4.78, 5) is 15.5. The van der Waals surface area contributed by atoms with Crippen LogP contribution in [0.4, 0.5) is 11.6 Å². The topological polar surface area (TPSA) is 53.9 Å². The molecule has 0 fully saturated rings. The average Bonchev–Trinajstić information content (AvgIpc) is 2.91. The highest BCUT2D eigenvalue weighted by atomic mass is 32.1. The van der Waals surface area contributed by atoms with E-state index in [0.29, 0.717) is 0 Å². The van der Waals surface area contributed by atoms with Crippen LogP contribution in [0.1, 0.15) is 24.9 Å². The molecule has 0 aliphatic heterocycles. The third-order valence-electron chi connectivity index (χ3n) is 2.76. The van der Waals surface area contributed by atoms with Gasteiger partial charge in [-0.3, -0.25) is 0 Å². The number of hydrogen-bond donors (Lipinski definition) is 1. The van der Waals surface area contributed by atoms with Gasteiger partial charge >= 0.3 is 0 Å². The summed E-state index contributed by atoms with van der Waals surface area (Å²) in [5.41, 5.74) is 2.92. The third kappa shape index (κ3) is 3.64. The molecule has 6 heteroatoms. The predicted octanol–water partition coefficient (Wildman–Crippen LogP) is 2.56. The second kappa shape index (κ2) is 6.47. The van der Waals surface area contributed by atoms with Crippen LogP contribution in [-0.2, 0) is 13.0 Å². The van der Waals surface area contributed by atoms with Gasteiger partial charge in [0.15, 0.2) is 0 Å². The van der Waals surface area contributed by atoms with Crippen molar-refractivity contribution in [1.29, 1.82) is 0 Å². The lowest BCUT2D eigenvalue weighted by Crippen LogP contribution is -2.19. The van der Waals surface area contributed by atoms with Crippen molar-refractivity contribution < 1.29 is 0 Å². The Kier molecular flexibility index (Phi) is 4.68. The quantitative estimate of drug-likeness (QED) is 0.879. The fourth-order valence-corrected chi connectivity index (χ4v) is 2.33. The van der Waals surface area contributed by atoms with Gasteiger partial charge in [0.25, 0.3) is 0 Å². The molecular weight excluding hydrogens is 258 g/mol. The molecule has 0 atom stereocenters. The zero-order valence-corrected chi connectivity index (χ0v) is 12.4. The Labute approximate surface area is 117 Å². The first-order chi connectivity index (χ1) is 9.22. The van der Waals surface area contributed by atoms with E-state index in [1.54, 1.807) is 11.3 Å². The molecule has 0 spiro atoms. The highest BCUT2D eigenvalue weighted by Gasteiger charge is 2.09. The maximum absolute atomic E-state index is 4.60. The number of anilines is 2. The van der Waals surface area contributed by atoms with Crippen LogP contribution in [0.25, 0.3) is 0 Å². The maximum atomic E-state index is 4.60. The summed E-state index contributed by atoms with van der Waals surface area (Å²) in [5, 5.41) is 5.15. The zero-order valence-electron chi connectivity index (χ0n) is 11.6. The predicted molar refractivity (Wildman–Crippen MR) is 79.8 cm³/mol. The first kappa shape index (κ1) is 13.7. The minimum absolute atomic E-state index is 0.759. The van der Waals surface area contributed by atoms with E-state index < -0.39 is 0 Å². The molecule has 0 bridgehead atoms. The van der Waals surface area contributed by atoms with Gasteiger partial charge < -0.3 is 10.2 Å². The van der Waals surface area contributed by atoms with Crippen LogP contribution in [0.15, 0.2) is 17.0 Å². The van der Waals surface area contributed by atoms with Crippen molar-refractivity contribution in [3.05, 3.63) is 28.5 Å². The van der Waals surface area contributed by atoms with Crippen LogP contribution in [0.3, 0.4) is 0 Å². The minimum atomic E-state index is 0.759. The molecule has 1 N–H and O–H groups in total. The molecule has 5 nitrogen and oxygen atoms in total. The molecule has 0 aromatic carbocycles. The van der Waals surface area contributed by atoms with Gasteiger partial charge in [-0.05, 0) is 6.42 Å². The molecule has 0 aliphatic rings. The van der Waals surface area contributed by atoms with Crippen LogP contribution < -0.4 is 10.2 Å². The number of nitrogens with one attached hydrogen (secondary N) is 1. The Morgan fingerprint density at radius 3 is 2.84 bits per heavy atom. The Balaban J connectivity index is 2.19. The summed E-state index contributed by atoms with van der Waals surface area (Å²) in [6.07, 6.45) is 1.94. The summed E-state index contributed by atoms with van der Waals surface area (Å²) >= 11 is 1.61. The Morgan fingerprint density at radius 1 is 1.37 bits per heavy atom. The monoisotopic (exact) mass is 277 g/mol. The van der Waals surface area contributed by atoms with Gasteiger partial charge in [-0.1, -0.05) is 6.92 Å². The second-order valence-corrected chi connectivity index (χ2v) is 5.08. The molecule has 0 saturated heterocycles. The van der Waals surface area contributed by atoms with Gasteiger partial charge in [0.1, 0.15) is 17.5 Å². The molecule has 102 valence electrons. The van der Waals surface area contributed by atoms with E-state index in [4.69, 9.17) is 0 Å². The maximum Gasteiger partial charge on any atom is 0.134 e. The number of aromatic nitrogens is 3. The van der Waals surface area contributed by atoms with Crippen LogP contribution in [0, 0.1) is 0 Å². The second-order valence-electron chi connectivity index (χ2n) is 4.36. The first-order valence-electron chi connectivity index (χ1n) is 6.36. The van der Waals surface area contributed by atoms with Crippen LogP contribution in [-0.4, -0.2) is 29.0 Å². The van der Waals surface area contributed by atoms with Crippen molar-refractivity contribution in [2.45, 2.75) is 26.3 Å². The fourth-order valence-electron chi connectivity index (χ4n) is 1.78. The van der Waals surface area contributed by atoms with E-state index in [9.17, 15) is 0 Å². The zero-order chi connectivity index (χ0) is 13.7. The largest absolute Gasteiger partial charge is 0.373 e. The molecule has 0 amide bonds. The van der Waals surface area contributed by atoms with Crippen molar-refractivity contribution in [3.8, 4) is 0 Å². The number of aryl methyl sites for hydroxylation is 1. The number of nitrogens with zero attached hydrogens (tertiary/aromatic N) is 4. The Morgan fingerprint density at radius 2 is 2.21 bits per heavy atom. The van der Waals surface area contributed by atoms with Crippen molar-refractivity contribution in [2.75, 3.05) is 24.3 Å². The van der Waals surface area contributed by atoms with Crippen LogP contribution in [0.2, 0.25) is 0 Å². The molecule has 0 saturated carbocycles. The molecule has 0 radical (unpaired) electrons. The molecule has 2 heterocycles. The van der Waals surface area contributed by atoms with Crippen molar-refractivity contribution in [2.24, 2.45) is 0 Å². The lowest BCUT2D eigenvalue weighted by molar-refractivity contribution is 0.809. The van der Waals surface area contributed by atoms with Crippen LogP contribution in [0.5, 0.6) is 0 Å². The van der Waals surface area contributed by atoms with Crippen molar-refractivity contribution in [1.82, 2.24) is 15.0 Å². The van der Waals surface area contributed by atoms with Gasteiger partial charge in [-0.2, -0.15) is 0 Å². The number of hydrogen-bond acceptors (Lipinski definition) is 6. The molecule has 2 aromatic heterocycles. The standard InChI is InChI=1S/C13H19N5S/c1-4-5-11-16-12(14-2)6-13(17-11)18(3)7-10-8-19-9-15-10/h6,8-9H,4-5,7H2,1-3H3,(H,14,16,17). The van der Waals surface area contributed by atoms with Gasteiger partial charge in [0.05, 0.1) is 17.7 Å². The van der Waals surface area contributed by atoms with Gasteiger partial charge in [0.2, 0.25) is 0 Å². The van der Waals surface area contributed by atoms with Crippen molar-refractivity contribution in [3.63, 3.8) is 0 Å². The Hall–Kier alpha value is -1.69. The third-order valence-corrected chi connectivity index (χ3v) is 3.40. The van der Waals surface area contributed by atoms with Gasteiger partial charge in [-0.25, -0.2) is 15.0 Å². The van der Waals surface area contributed by atoms with E-state index in [-0.39, 0.29) is 0 Å². The highest BCUT2D eigenvalue weighted by molar-refractivity contribution is 7.07. The summed E-state index contributed by atoms with van der Waals surface area (Å²) in [7, 11) is 3.90. The normalized spacial score (nSPS) is 10.5. The first-order valence-corrected chi connectivity index (χ1v) is 7.31. The molecule has 2 aromatic rings. The summed E-state index contributed by atoms with van der Waals surface area (Å²) in [6.45, 7) is 2.89. The van der Waals surface area contributed by atoms with Gasteiger partial charge in [-0.15, -0.1) is 11.3 Å². The number of thiazole rings is 1. The lowest BCUT2D eigenvalue weighted by Gasteiger charge is -2.18. The van der Waals surface area contributed by atoms with Crippen molar-refractivity contribution >= 4 is 23.0 Å². The fraction of sp³-hybridized carbons (Fsp3) is 0.462. The summed E-state index contributed by atoms with van der Waals surface area (Å²) < 4.78 is 0. The summed E-state index contributed by atoms with van der Waals surface area (Å²) in [5.74, 6) is 2.67. The molecular formula is C13H19N5S. The summed E-state index contributed by atoms with van der Waals surface area (Å²) in [6, 6.07) is 1.96. The highest BCUT2D eigenvalue weighted by Crippen LogP contribution is 2.17.